The zero-order chi connectivity index (χ0) is 11.3. The quantitative estimate of drug-likeness (QED) is 0.732. The van der Waals surface area contributed by atoms with Crippen LogP contribution >= 0.6 is 0 Å². The van der Waals surface area contributed by atoms with Gasteiger partial charge in [0.2, 0.25) is 5.91 Å². The summed E-state index contributed by atoms with van der Waals surface area (Å²) in [5.74, 6) is 1.06. The molecule has 3 heteroatoms. The van der Waals surface area contributed by atoms with Crippen molar-refractivity contribution in [2.75, 3.05) is 6.61 Å². The van der Waals surface area contributed by atoms with E-state index in [0.717, 1.165) is 6.42 Å². The highest BCUT2D eigenvalue weighted by Crippen LogP contribution is 2.55. The topological polar surface area (TPSA) is 40.5 Å². The van der Waals surface area contributed by atoms with Gasteiger partial charge < -0.3 is 10.0 Å². The lowest BCUT2D eigenvalue weighted by molar-refractivity contribution is -0.140. The van der Waals surface area contributed by atoms with Gasteiger partial charge in [0.25, 0.3) is 0 Å². The van der Waals surface area contributed by atoms with Crippen molar-refractivity contribution in [2.45, 2.75) is 57.0 Å². The molecule has 1 N–H and O–H groups in total. The minimum Gasteiger partial charge on any atom is -0.394 e. The molecule has 3 fully saturated rings. The molecule has 4 atom stereocenters. The molecule has 1 amide bonds. The zero-order valence-corrected chi connectivity index (χ0v) is 9.98. The van der Waals surface area contributed by atoms with Crippen molar-refractivity contribution >= 4 is 5.91 Å². The van der Waals surface area contributed by atoms with Crippen LogP contribution in [0.1, 0.15) is 45.4 Å². The van der Waals surface area contributed by atoms with Crippen molar-refractivity contribution in [3.63, 3.8) is 0 Å². The Hall–Kier alpha value is -0.570. The molecule has 0 aromatic rings. The van der Waals surface area contributed by atoms with Crippen LogP contribution in [0.25, 0.3) is 0 Å². The summed E-state index contributed by atoms with van der Waals surface area (Å²) >= 11 is 0. The average molecular weight is 223 g/mol. The van der Waals surface area contributed by atoms with Gasteiger partial charge in [0.1, 0.15) is 0 Å². The summed E-state index contributed by atoms with van der Waals surface area (Å²) in [6.07, 6.45) is 6.98. The highest BCUT2D eigenvalue weighted by Gasteiger charge is 2.61. The highest BCUT2D eigenvalue weighted by atomic mass is 16.3. The van der Waals surface area contributed by atoms with Crippen LogP contribution in [0.3, 0.4) is 0 Å². The first kappa shape index (κ1) is 10.6. The Morgan fingerprint density at radius 1 is 1.38 bits per heavy atom. The van der Waals surface area contributed by atoms with Gasteiger partial charge in [-0.05, 0) is 38.0 Å². The smallest absolute Gasteiger partial charge is 0.226 e. The van der Waals surface area contributed by atoms with Gasteiger partial charge in [0.15, 0.2) is 0 Å². The van der Waals surface area contributed by atoms with Crippen LogP contribution < -0.4 is 0 Å². The molecule has 0 radical (unpaired) electrons. The van der Waals surface area contributed by atoms with Gasteiger partial charge in [-0.1, -0.05) is 13.3 Å². The van der Waals surface area contributed by atoms with E-state index in [-0.39, 0.29) is 24.1 Å². The van der Waals surface area contributed by atoms with Crippen molar-refractivity contribution in [1.29, 1.82) is 0 Å². The van der Waals surface area contributed by atoms with Crippen molar-refractivity contribution in [3.05, 3.63) is 0 Å². The summed E-state index contributed by atoms with van der Waals surface area (Å²) in [6.45, 7) is 2.24. The molecule has 0 bridgehead atoms. The Labute approximate surface area is 96.8 Å². The maximum absolute atomic E-state index is 12.3. The summed E-state index contributed by atoms with van der Waals surface area (Å²) in [5, 5.41) is 9.46. The van der Waals surface area contributed by atoms with E-state index < -0.39 is 0 Å². The van der Waals surface area contributed by atoms with Crippen LogP contribution in [0.2, 0.25) is 0 Å². The Morgan fingerprint density at radius 2 is 2.06 bits per heavy atom. The minimum atomic E-state index is 0.104. The predicted molar refractivity (Wildman–Crippen MR) is 60.8 cm³/mol. The normalized spacial score (nSPS) is 47.0. The van der Waals surface area contributed by atoms with Gasteiger partial charge in [-0.25, -0.2) is 0 Å². The second-order valence-corrected chi connectivity index (χ2v) is 5.83. The van der Waals surface area contributed by atoms with Crippen molar-refractivity contribution < 1.29 is 9.90 Å². The average Bonchev–Trinajstić information content (AvgIpc) is 2.78. The molecule has 0 aromatic heterocycles. The van der Waals surface area contributed by atoms with Crippen LogP contribution in [0, 0.1) is 11.8 Å². The van der Waals surface area contributed by atoms with Crippen molar-refractivity contribution in [2.24, 2.45) is 11.8 Å². The number of hydrogen-bond acceptors (Lipinski definition) is 2. The van der Waals surface area contributed by atoms with Crippen LogP contribution in [0.15, 0.2) is 0 Å². The van der Waals surface area contributed by atoms with E-state index in [9.17, 15) is 9.90 Å². The number of aliphatic hydroxyl groups excluding tert-OH is 1. The van der Waals surface area contributed by atoms with Crippen LogP contribution in [-0.4, -0.2) is 34.1 Å². The number of carbonyl (C=O) groups excluding carboxylic acids is 1. The van der Waals surface area contributed by atoms with E-state index in [4.69, 9.17) is 0 Å². The van der Waals surface area contributed by atoms with Crippen LogP contribution in [0.4, 0.5) is 0 Å². The van der Waals surface area contributed by atoms with E-state index in [1.165, 1.54) is 32.1 Å². The highest BCUT2D eigenvalue weighted by molar-refractivity contribution is 5.83. The Bertz CT molecular complexity index is 317. The summed E-state index contributed by atoms with van der Waals surface area (Å²) in [5.41, 5.74) is 0.141. The van der Waals surface area contributed by atoms with E-state index in [0.29, 0.717) is 11.8 Å². The van der Waals surface area contributed by atoms with Crippen molar-refractivity contribution in [1.82, 2.24) is 4.90 Å². The Morgan fingerprint density at radius 3 is 2.75 bits per heavy atom. The molecular weight excluding hydrogens is 202 g/mol. The fourth-order valence-electron chi connectivity index (χ4n) is 4.63. The number of rotatable bonds is 1. The predicted octanol–water partition coefficient (Wildman–Crippen LogP) is 1.55. The zero-order valence-electron chi connectivity index (χ0n) is 9.98. The van der Waals surface area contributed by atoms with Gasteiger partial charge in [-0.3, -0.25) is 4.79 Å². The maximum Gasteiger partial charge on any atom is 0.226 e. The molecule has 2 saturated heterocycles. The number of piperidine rings is 1. The summed E-state index contributed by atoms with van der Waals surface area (Å²) in [4.78, 5) is 14.4. The van der Waals surface area contributed by atoms with Crippen molar-refractivity contribution in [3.8, 4) is 0 Å². The molecule has 3 nitrogen and oxygen atoms in total. The molecule has 0 unspecified atom stereocenters. The Balaban J connectivity index is 2.01. The molecular formula is C13H21NO2. The molecule has 16 heavy (non-hydrogen) atoms. The third kappa shape index (κ3) is 1.10. The lowest BCUT2D eigenvalue weighted by Gasteiger charge is -2.47. The third-order valence-electron chi connectivity index (χ3n) is 5.25. The molecule has 1 saturated carbocycles. The molecule has 1 spiro atoms. The number of aliphatic hydroxyl groups is 1. The molecule has 90 valence electrons. The number of carbonyl (C=O) groups is 1. The van der Waals surface area contributed by atoms with E-state index >= 15 is 0 Å². The van der Waals surface area contributed by atoms with Gasteiger partial charge in [0.05, 0.1) is 12.6 Å². The number of amides is 1. The Kier molecular flexibility index (Phi) is 2.29. The monoisotopic (exact) mass is 223 g/mol. The lowest BCUT2D eigenvalue weighted by Crippen LogP contribution is -2.56. The van der Waals surface area contributed by atoms with E-state index in [1.54, 1.807) is 0 Å². The lowest BCUT2D eigenvalue weighted by atomic mass is 9.77. The first-order valence-electron chi connectivity index (χ1n) is 6.65. The van der Waals surface area contributed by atoms with Crippen LogP contribution in [0.5, 0.6) is 0 Å². The minimum absolute atomic E-state index is 0.104. The second-order valence-electron chi connectivity index (χ2n) is 5.83. The molecule has 2 heterocycles. The second kappa shape index (κ2) is 3.46. The summed E-state index contributed by atoms with van der Waals surface area (Å²) in [7, 11) is 0. The number of nitrogens with zero attached hydrogens (tertiary/aromatic N) is 1. The van der Waals surface area contributed by atoms with E-state index in [1.807, 2.05) is 0 Å². The first-order valence-corrected chi connectivity index (χ1v) is 6.65. The third-order valence-corrected chi connectivity index (χ3v) is 5.25. The fraction of sp³-hybridized carbons (Fsp3) is 0.923. The SMILES string of the molecule is C[C@H]1C(=O)N2[C@@H](CO)CCC[C@]23CCC[C@H]13. The summed E-state index contributed by atoms with van der Waals surface area (Å²) < 4.78 is 0. The largest absolute Gasteiger partial charge is 0.394 e. The standard InChI is InChI=1S/C13H21NO2/c1-9-11-5-3-7-13(11)6-2-4-10(8-15)14(13)12(9)16/h9-11,15H,2-8H2,1H3/t9-,10-,11-,13-/m1/s1. The molecule has 1 aliphatic carbocycles. The van der Waals surface area contributed by atoms with Gasteiger partial charge >= 0.3 is 0 Å². The molecule has 0 aromatic carbocycles. The van der Waals surface area contributed by atoms with E-state index in [2.05, 4.69) is 11.8 Å². The summed E-state index contributed by atoms with van der Waals surface area (Å²) in [6, 6.07) is 0.104. The van der Waals surface area contributed by atoms with Crippen LogP contribution in [-0.2, 0) is 4.79 Å². The maximum atomic E-state index is 12.3. The van der Waals surface area contributed by atoms with Gasteiger partial charge in [0, 0.05) is 11.5 Å². The first-order chi connectivity index (χ1) is 7.70. The molecule has 3 aliphatic rings. The number of hydrogen-bond donors (Lipinski definition) is 1. The van der Waals surface area contributed by atoms with Gasteiger partial charge in [-0.2, -0.15) is 0 Å². The van der Waals surface area contributed by atoms with Gasteiger partial charge in [-0.15, -0.1) is 0 Å². The molecule has 3 rings (SSSR count). The fourth-order valence-corrected chi connectivity index (χ4v) is 4.63. The molecule has 2 aliphatic heterocycles.